The van der Waals surface area contributed by atoms with Crippen LogP contribution in [0.2, 0.25) is 0 Å². The highest BCUT2D eigenvalue weighted by atomic mass is 16.5. The van der Waals surface area contributed by atoms with E-state index in [0.717, 1.165) is 25.9 Å². The molecule has 1 aromatic rings. The topological polar surface area (TPSA) is 32.7 Å². The number of hydrogen-bond acceptors (Lipinski definition) is 3. The summed E-state index contributed by atoms with van der Waals surface area (Å²) in [6, 6.07) is 10.2. The van der Waals surface area contributed by atoms with Crippen LogP contribution >= 0.6 is 0 Å². The summed E-state index contributed by atoms with van der Waals surface area (Å²) in [5, 5.41) is 10.2. The summed E-state index contributed by atoms with van der Waals surface area (Å²) >= 11 is 0. The van der Waals surface area contributed by atoms with Crippen molar-refractivity contribution in [2.45, 2.75) is 37.5 Å². The zero-order chi connectivity index (χ0) is 12.4. The van der Waals surface area contributed by atoms with Crippen LogP contribution in [0.15, 0.2) is 30.3 Å². The first-order valence-corrected chi connectivity index (χ1v) is 6.86. The molecule has 3 rings (SSSR count). The quantitative estimate of drug-likeness (QED) is 0.880. The first-order chi connectivity index (χ1) is 8.81. The maximum Gasteiger partial charge on any atom is 0.0758 e. The van der Waals surface area contributed by atoms with Gasteiger partial charge in [0.2, 0.25) is 0 Å². The van der Waals surface area contributed by atoms with Gasteiger partial charge in [0.15, 0.2) is 0 Å². The van der Waals surface area contributed by atoms with E-state index in [1.165, 1.54) is 12.0 Å². The molecule has 2 heterocycles. The molecule has 2 aliphatic heterocycles. The fourth-order valence-electron chi connectivity index (χ4n) is 3.39. The predicted octanol–water partition coefficient (Wildman–Crippen LogP) is 1.80. The number of ether oxygens (including phenoxy) is 1. The Bertz CT molecular complexity index is 395. The Labute approximate surface area is 108 Å². The summed E-state index contributed by atoms with van der Waals surface area (Å²) in [6.45, 7) is 3.44. The second-order valence-electron chi connectivity index (χ2n) is 5.48. The molecule has 0 aliphatic carbocycles. The third kappa shape index (κ3) is 2.07. The molecule has 3 nitrogen and oxygen atoms in total. The molecular formula is C15H21NO2. The predicted molar refractivity (Wildman–Crippen MR) is 70.3 cm³/mol. The van der Waals surface area contributed by atoms with Gasteiger partial charge in [-0.1, -0.05) is 30.3 Å². The molecule has 0 saturated carbocycles. The summed E-state index contributed by atoms with van der Waals surface area (Å²) in [7, 11) is 0. The van der Waals surface area contributed by atoms with Crippen LogP contribution < -0.4 is 0 Å². The minimum Gasteiger partial charge on any atom is -0.391 e. The maximum atomic E-state index is 10.2. The average Bonchev–Trinajstić information content (AvgIpc) is 2.93. The number of fused-ring (bicyclic) bond motifs is 1. The van der Waals surface area contributed by atoms with Crippen molar-refractivity contribution in [2.75, 3.05) is 19.7 Å². The van der Waals surface area contributed by atoms with Crippen molar-refractivity contribution in [1.82, 2.24) is 4.90 Å². The Kier molecular flexibility index (Phi) is 3.37. The van der Waals surface area contributed by atoms with Crippen molar-refractivity contribution < 1.29 is 9.84 Å². The van der Waals surface area contributed by atoms with Crippen LogP contribution in [0.25, 0.3) is 0 Å². The maximum absolute atomic E-state index is 10.2. The second kappa shape index (κ2) is 5.00. The zero-order valence-corrected chi connectivity index (χ0v) is 10.7. The SMILES string of the molecule is O[C@H]1CCN2CCCC12COCc1ccccc1. The molecular weight excluding hydrogens is 226 g/mol. The van der Waals surface area contributed by atoms with E-state index >= 15 is 0 Å². The average molecular weight is 247 g/mol. The molecule has 0 radical (unpaired) electrons. The van der Waals surface area contributed by atoms with E-state index in [1.807, 2.05) is 18.2 Å². The highest BCUT2D eigenvalue weighted by molar-refractivity contribution is 5.13. The van der Waals surface area contributed by atoms with E-state index in [-0.39, 0.29) is 11.6 Å². The lowest BCUT2D eigenvalue weighted by Gasteiger charge is -2.34. The van der Waals surface area contributed by atoms with Gasteiger partial charge < -0.3 is 9.84 Å². The third-order valence-corrected chi connectivity index (χ3v) is 4.42. The number of benzene rings is 1. The Morgan fingerprint density at radius 2 is 2.11 bits per heavy atom. The minimum atomic E-state index is -0.212. The summed E-state index contributed by atoms with van der Waals surface area (Å²) < 4.78 is 5.88. The highest BCUT2D eigenvalue weighted by Crippen LogP contribution is 2.39. The Morgan fingerprint density at radius 3 is 2.94 bits per heavy atom. The summed E-state index contributed by atoms with van der Waals surface area (Å²) in [4.78, 5) is 2.42. The van der Waals surface area contributed by atoms with Gasteiger partial charge in [-0.05, 0) is 31.4 Å². The standard InChI is InChI=1S/C15H21NO2/c17-14-7-10-16-9-4-8-15(14,16)12-18-11-13-5-2-1-3-6-13/h1-3,5-6,14,17H,4,7-12H2/t14-,15?/m0/s1. The number of rotatable bonds is 4. The highest BCUT2D eigenvalue weighted by Gasteiger charge is 2.50. The normalized spacial score (nSPS) is 31.7. The Hall–Kier alpha value is -0.900. The van der Waals surface area contributed by atoms with E-state index in [1.54, 1.807) is 0 Å². The third-order valence-electron chi connectivity index (χ3n) is 4.42. The van der Waals surface area contributed by atoms with Gasteiger partial charge in [0, 0.05) is 6.54 Å². The zero-order valence-electron chi connectivity index (χ0n) is 10.7. The van der Waals surface area contributed by atoms with Gasteiger partial charge in [0.25, 0.3) is 0 Å². The van der Waals surface area contributed by atoms with E-state index in [2.05, 4.69) is 17.0 Å². The lowest BCUT2D eigenvalue weighted by atomic mass is 9.92. The largest absolute Gasteiger partial charge is 0.391 e. The lowest BCUT2D eigenvalue weighted by molar-refractivity contribution is -0.0286. The molecule has 0 spiro atoms. The Morgan fingerprint density at radius 1 is 1.28 bits per heavy atom. The van der Waals surface area contributed by atoms with E-state index in [4.69, 9.17) is 4.74 Å². The number of aliphatic hydroxyl groups excluding tert-OH is 1. The smallest absolute Gasteiger partial charge is 0.0758 e. The van der Waals surface area contributed by atoms with Crippen molar-refractivity contribution in [3.8, 4) is 0 Å². The second-order valence-corrected chi connectivity index (χ2v) is 5.48. The molecule has 2 aliphatic rings. The summed E-state index contributed by atoms with van der Waals surface area (Å²) in [6.07, 6.45) is 2.94. The molecule has 3 heteroatoms. The van der Waals surface area contributed by atoms with Crippen LogP contribution in [0.4, 0.5) is 0 Å². The molecule has 0 amide bonds. The molecule has 0 aromatic heterocycles. The summed E-state index contributed by atoms with van der Waals surface area (Å²) in [5.41, 5.74) is 1.11. The van der Waals surface area contributed by atoms with Crippen molar-refractivity contribution in [3.63, 3.8) is 0 Å². The summed E-state index contributed by atoms with van der Waals surface area (Å²) in [5.74, 6) is 0. The van der Waals surface area contributed by atoms with Crippen LogP contribution in [0, 0.1) is 0 Å². The van der Waals surface area contributed by atoms with E-state index in [9.17, 15) is 5.11 Å². The number of hydrogen-bond donors (Lipinski definition) is 1. The van der Waals surface area contributed by atoms with E-state index < -0.39 is 0 Å². The first kappa shape index (κ1) is 12.2. The first-order valence-electron chi connectivity index (χ1n) is 6.86. The molecule has 2 fully saturated rings. The molecule has 1 unspecified atom stereocenters. The van der Waals surface area contributed by atoms with Gasteiger partial charge in [-0.2, -0.15) is 0 Å². The van der Waals surface area contributed by atoms with Gasteiger partial charge in [-0.25, -0.2) is 0 Å². The molecule has 2 atom stereocenters. The minimum absolute atomic E-state index is 0.0885. The van der Waals surface area contributed by atoms with Crippen LogP contribution in [-0.4, -0.2) is 41.3 Å². The number of nitrogens with zero attached hydrogens (tertiary/aromatic N) is 1. The van der Waals surface area contributed by atoms with Crippen molar-refractivity contribution in [3.05, 3.63) is 35.9 Å². The van der Waals surface area contributed by atoms with E-state index in [0.29, 0.717) is 13.2 Å². The van der Waals surface area contributed by atoms with Crippen molar-refractivity contribution in [1.29, 1.82) is 0 Å². The molecule has 1 N–H and O–H groups in total. The fourth-order valence-corrected chi connectivity index (χ4v) is 3.39. The monoisotopic (exact) mass is 247 g/mol. The van der Waals surface area contributed by atoms with Gasteiger partial charge in [0.05, 0.1) is 24.9 Å². The molecule has 1 aromatic carbocycles. The molecule has 98 valence electrons. The molecule has 0 bridgehead atoms. The fraction of sp³-hybridized carbons (Fsp3) is 0.600. The molecule has 2 saturated heterocycles. The van der Waals surface area contributed by atoms with Gasteiger partial charge in [-0.3, -0.25) is 4.90 Å². The van der Waals surface area contributed by atoms with Gasteiger partial charge >= 0.3 is 0 Å². The van der Waals surface area contributed by atoms with Crippen molar-refractivity contribution >= 4 is 0 Å². The Balaban J connectivity index is 1.59. The van der Waals surface area contributed by atoms with Gasteiger partial charge in [-0.15, -0.1) is 0 Å². The molecule has 18 heavy (non-hydrogen) atoms. The van der Waals surface area contributed by atoms with Crippen LogP contribution in [0.1, 0.15) is 24.8 Å². The lowest BCUT2D eigenvalue weighted by Crippen LogP contribution is -2.49. The van der Waals surface area contributed by atoms with Gasteiger partial charge in [0.1, 0.15) is 0 Å². The van der Waals surface area contributed by atoms with Crippen LogP contribution in [0.3, 0.4) is 0 Å². The number of aliphatic hydroxyl groups is 1. The van der Waals surface area contributed by atoms with Crippen LogP contribution in [0.5, 0.6) is 0 Å². The van der Waals surface area contributed by atoms with Crippen molar-refractivity contribution in [2.24, 2.45) is 0 Å². The van der Waals surface area contributed by atoms with Crippen LogP contribution in [-0.2, 0) is 11.3 Å².